The lowest BCUT2D eigenvalue weighted by Gasteiger charge is -2.13. The van der Waals surface area contributed by atoms with E-state index in [0.29, 0.717) is 5.95 Å². The fourth-order valence-electron chi connectivity index (χ4n) is 7.75. The number of rotatable bonds is 4. The number of aromatic nitrogens is 3. The van der Waals surface area contributed by atoms with Crippen molar-refractivity contribution in [3.05, 3.63) is 164 Å². The van der Waals surface area contributed by atoms with Crippen molar-refractivity contribution in [1.29, 1.82) is 0 Å². The summed E-state index contributed by atoms with van der Waals surface area (Å²) < 4.78 is 15.1. The molecule has 51 heavy (non-hydrogen) atoms. The highest BCUT2D eigenvalue weighted by Gasteiger charge is 2.22. The van der Waals surface area contributed by atoms with Gasteiger partial charge in [0, 0.05) is 38.1 Å². The molecule has 238 valence electrons. The number of hydrogen-bond acceptors (Lipinski definition) is 4. The largest absolute Gasteiger partial charge is 0.456 e. The van der Waals surface area contributed by atoms with Gasteiger partial charge in [0.25, 0.3) is 0 Å². The molecular weight excluding hydrogens is 627 g/mol. The van der Waals surface area contributed by atoms with E-state index in [1.165, 1.54) is 0 Å². The van der Waals surface area contributed by atoms with Gasteiger partial charge in [0.1, 0.15) is 22.3 Å². The maximum absolute atomic E-state index is 6.58. The summed E-state index contributed by atoms with van der Waals surface area (Å²) in [6.45, 7) is 0. The van der Waals surface area contributed by atoms with Gasteiger partial charge in [0.05, 0.1) is 27.8 Å². The number of furan rings is 2. The van der Waals surface area contributed by atoms with Crippen LogP contribution in [0.4, 0.5) is 0 Å². The van der Waals surface area contributed by atoms with Crippen molar-refractivity contribution >= 4 is 65.7 Å². The van der Waals surface area contributed by atoms with E-state index >= 15 is 0 Å². The molecular formula is C46H27N3O2. The van der Waals surface area contributed by atoms with Gasteiger partial charge in [0.15, 0.2) is 0 Å². The van der Waals surface area contributed by atoms with Crippen LogP contribution < -0.4 is 0 Å². The Morgan fingerprint density at radius 2 is 1.06 bits per heavy atom. The Bertz CT molecular complexity index is 3150. The monoisotopic (exact) mass is 653 g/mol. The summed E-state index contributed by atoms with van der Waals surface area (Å²) in [4.78, 5) is 10.7. The van der Waals surface area contributed by atoms with Crippen molar-refractivity contribution in [1.82, 2.24) is 14.5 Å². The molecule has 4 heterocycles. The van der Waals surface area contributed by atoms with Gasteiger partial charge in [0.2, 0.25) is 5.95 Å². The molecule has 0 spiro atoms. The summed E-state index contributed by atoms with van der Waals surface area (Å²) in [5, 5.41) is 6.41. The minimum atomic E-state index is 0.582. The van der Waals surface area contributed by atoms with Gasteiger partial charge in [-0.1, -0.05) is 115 Å². The zero-order valence-corrected chi connectivity index (χ0v) is 27.2. The van der Waals surface area contributed by atoms with Gasteiger partial charge in [-0.3, -0.25) is 4.57 Å². The number of para-hydroxylation sites is 3. The minimum Gasteiger partial charge on any atom is -0.456 e. The lowest BCUT2D eigenvalue weighted by molar-refractivity contribution is 0.669. The van der Waals surface area contributed by atoms with Gasteiger partial charge in [-0.15, -0.1) is 0 Å². The summed E-state index contributed by atoms with van der Waals surface area (Å²) in [6, 6.07) is 56.5. The Balaban J connectivity index is 1.23. The summed E-state index contributed by atoms with van der Waals surface area (Å²) in [5.41, 5.74) is 11.3. The minimum absolute atomic E-state index is 0.582. The van der Waals surface area contributed by atoms with Crippen LogP contribution >= 0.6 is 0 Å². The molecule has 0 bridgehead atoms. The van der Waals surface area contributed by atoms with Gasteiger partial charge in [-0.2, -0.15) is 0 Å². The molecule has 0 amide bonds. The van der Waals surface area contributed by atoms with E-state index in [4.69, 9.17) is 18.8 Å². The van der Waals surface area contributed by atoms with Crippen LogP contribution in [-0.2, 0) is 0 Å². The maximum atomic E-state index is 6.58. The van der Waals surface area contributed by atoms with Crippen molar-refractivity contribution in [2.45, 2.75) is 0 Å². The molecule has 4 aromatic heterocycles. The molecule has 11 rings (SSSR count). The van der Waals surface area contributed by atoms with Crippen molar-refractivity contribution in [2.24, 2.45) is 0 Å². The molecule has 0 radical (unpaired) electrons. The van der Waals surface area contributed by atoms with Crippen LogP contribution in [0.3, 0.4) is 0 Å². The Hall–Kier alpha value is -6.98. The highest BCUT2D eigenvalue weighted by molar-refractivity contribution is 6.23. The quantitative estimate of drug-likeness (QED) is 0.190. The first kappa shape index (κ1) is 27.9. The summed E-state index contributed by atoms with van der Waals surface area (Å²) in [7, 11) is 0. The fourth-order valence-corrected chi connectivity index (χ4v) is 7.75. The Kier molecular flexibility index (Phi) is 5.89. The van der Waals surface area contributed by atoms with Gasteiger partial charge >= 0.3 is 0 Å². The van der Waals surface area contributed by atoms with Crippen molar-refractivity contribution in [3.63, 3.8) is 0 Å². The van der Waals surface area contributed by atoms with Crippen molar-refractivity contribution in [3.8, 4) is 39.6 Å². The van der Waals surface area contributed by atoms with E-state index in [9.17, 15) is 0 Å². The summed E-state index contributed by atoms with van der Waals surface area (Å²) in [5.74, 6) is 0.582. The number of benzene rings is 7. The third kappa shape index (κ3) is 4.22. The molecule has 11 aromatic rings. The summed E-state index contributed by atoms with van der Waals surface area (Å²) >= 11 is 0. The molecule has 0 saturated heterocycles. The normalized spacial score (nSPS) is 11.9. The maximum Gasteiger partial charge on any atom is 0.235 e. The predicted molar refractivity (Wildman–Crippen MR) is 207 cm³/mol. The zero-order chi connectivity index (χ0) is 33.5. The van der Waals surface area contributed by atoms with Gasteiger partial charge in [-0.05, 0) is 59.7 Å². The van der Waals surface area contributed by atoms with Crippen molar-refractivity contribution < 1.29 is 8.83 Å². The van der Waals surface area contributed by atoms with E-state index in [1.54, 1.807) is 0 Å². The SMILES string of the molecule is c1ccc(-c2cccc(-c3cc(-c4cccc5oc6ccccc6c45)nc(-n4c5ccccc5c5c6oc7ccccc7c6ccc54)n3)c2)cc1. The second-order valence-electron chi connectivity index (χ2n) is 12.9. The standard InChI is InChI=1S/C46H27N3O2/c1-2-12-28(13-3-1)29-14-10-15-30(26-29)36-27-37(33-19-11-23-42-43(33)35-18-6-9-22-41(35)50-42)48-46(47-36)49-38-20-7-4-17-34(38)44-39(49)25-24-32-31-16-5-8-21-40(31)51-45(32)44/h1-27H. The van der Waals surface area contributed by atoms with Gasteiger partial charge in [-0.25, -0.2) is 9.97 Å². The Labute approximate surface area is 291 Å². The molecule has 0 unspecified atom stereocenters. The van der Waals surface area contributed by atoms with E-state index in [0.717, 1.165) is 99.3 Å². The van der Waals surface area contributed by atoms with Crippen LogP contribution in [0, 0.1) is 0 Å². The van der Waals surface area contributed by atoms with Crippen LogP contribution in [0.2, 0.25) is 0 Å². The average molecular weight is 654 g/mol. The number of nitrogens with zero attached hydrogens (tertiary/aromatic N) is 3. The molecule has 0 N–H and O–H groups in total. The first-order valence-electron chi connectivity index (χ1n) is 17.1. The number of hydrogen-bond donors (Lipinski definition) is 0. The lowest BCUT2D eigenvalue weighted by atomic mass is 9.99. The molecule has 5 nitrogen and oxygen atoms in total. The first-order chi connectivity index (χ1) is 25.3. The van der Waals surface area contributed by atoms with Crippen LogP contribution in [0.15, 0.2) is 173 Å². The molecule has 0 fully saturated rings. The topological polar surface area (TPSA) is 57.0 Å². The van der Waals surface area contributed by atoms with E-state index in [-0.39, 0.29) is 0 Å². The highest BCUT2D eigenvalue weighted by Crippen LogP contribution is 2.42. The third-order valence-corrected chi connectivity index (χ3v) is 10.0. The molecule has 5 heteroatoms. The first-order valence-corrected chi connectivity index (χ1v) is 17.1. The van der Waals surface area contributed by atoms with Crippen LogP contribution in [0.5, 0.6) is 0 Å². The molecule has 0 saturated carbocycles. The molecule has 0 aliphatic heterocycles. The van der Waals surface area contributed by atoms with Gasteiger partial charge < -0.3 is 8.83 Å². The van der Waals surface area contributed by atoms with Crippen LogP contribution in [0.1, 0.15) is 0 Å². The third-order valence-electron chi connectivity index (χ3n) is 10.0. The predicted octanol–water partition coefficient (Wildman–Crippen LogP) is 12.4. The van der Waals surface area contributed by atoms with Crippen LogP contribution in [-0.4, -0.2) is 14.5 Å². The van der Waals surface area contributed by atoms with Crippen molar-refractivity contribution in [2.75, 3.05) is 0 Å². The molecule has 0 aliphatic rings. The zero-order valence-electron chi connectivity index (χ0n) is 27.2. The Morgan fingerprint density at radius 1 is 0.392 bits per heavy atom. The summed E-state index contributed by atoms with van der Waals surface area (Å²) in [6.07, 6.45) is 0. The fraction of sp³-hybridized carbons (Fsp3) is 0. The Morgan fingerprint density at radius 3 is 1.94 bits per heavy atom. The second-order valence-corrected chi connectivity index (χ2v) is 12.9. The smallest absolute Gasteiger partial charge is 0.235 e. The molecule has 0 aliphatic carbocycles. The molecule has 0 atom stereocenters. The highest BCUT2D eigenvalue weighted by atomic mass is 16.3. The average Bonchev–Trinajstić information content (AvgIpc) is 3.87. The lowest BCUT2D eigenvalue weighted by Crippen LogP contribution is -2.04. The van der Waals surface area contributed by atoms with E-state index in [1.807, 2.05) is 42.5 Å². The second kappa shape index (κ2) is 10.8. The van der Waals surface area contributed by atoms with E-state index in [2.05, 4.69) is 126 Å². The molecule has 7 aromatic carbocycles. The van der Waals surface area contributed by atoms with Crippen LogP contribution in [0.25, 0.3) is 105 Å². The van der Waals surface area contributed by atoms with E-state index < -0.39 is 0 Å². The number of fused-ring (bicyclic) bond motifs is 10.